The normalized spacial score (nSPS) is 12.3. The number of rotatable bonds is 9. The van der Waals surface area contributed by atoms with E-state index >= 15 is 0 Å². The van der Waals surface area contributed by atoms with Crippen molar-refractivity contribution < 1.29 is 14.6 Å². The van der Waals surface area contributed by atoms with Gasteiger partial charge in [-0.15, -0.1) is 0 Å². The molecule has 0 aromatic heterocycles. The minimum atomic E-state index is -0.937. The van der Waals surface area contributed by atoms with Gasteiger partial charge in [0.25, 0.3) is 0 Å². The zero-order valence-electron chi connectivity index (χ0n) is 19.2. The predicted octanol–water partition coefficient (Wildman–Crippen LogP) is 5.16. The summed E-state index contributed by atoms with van der Waals surface area (Å²) in [5, 5.41) is 12.9. The van der Waals surface area contributed by atoms with E-state index in [2.05, 4.69) is 62.2 Å². The number of benzene rings is 2. The van der Waals surface area contributed by atoms with Gasteiger partial charge in [-0.05, 0) is 68.9 Å². The van der Waals surface area contributed by atoms with Crippen LogP contribution in [0.1, 0.15) is 55.0 Å². The monoisotopic (exact) mass is 419 g/mol. The minimum absolute atomic E-state index is 0.137. The summed E-state index contributed by atoms with van der Waals surface area (Å²) in [6, 6.07) is 14.2. The third kappa shape index (κ3) is 8.32. The second-order valence-corrected chi connectivity index (χ2v) is 7.97. The molecule has 2 N–H and O–H groups in total. The topological polar surface area (TPSA) is 58.6 Å². The summed E-state index contributed by atoms with van der Waals surface area (Å²) >= 11 is 0. The molecule has 0 fully saturated rings. The first-order chi connectivity index (χ1) is 14.8. The summed E-state index contributed by atoms with van der Waals surface area (Å²) in [6.45, 7) is 10.5. The second-order valence-electron chi connectivity index (χ2n) is 7.97. The molecule has 31 heavy (non-hydrogen) atoms. The van der Waals surface area contributed by atoms with Crippen LogP contribution in [0.3, 0.4) is 0 Å². The van der Waals surface area contributed by atoms with E-state index in [1.165, 1.54) is 5.56 Å². The lowest BCUT2D eigenvalue weighted by Gasteiger charge is -2.17. The number of aryl methyl sites for hydroxylation is 2. The Morgan fingerprint density at radius 2 is 1.87 bits per heavy atom. The zero-order valence-corrected chi connectivity index (χ0v) is 19.2. The second kappa shape index (κ2) is 12.0. The van der Waals surface area contributed by atoms with E-state index in [1.807, 2.05) is 38.1 Å². The molecule has 0 bridgehead atoms. The molecule has 0 aliphatic rings. The lowest BCUT2D eigenvalue weighted by molar-refractivity contribution is -0.153. The Labute approximate surface area is 186 Å². The fourth-order valence-corrected chi connectivity index (χ4v) is 3.12. The molecule has 0 saturated carbocycles. The lowest BCUT2D eigenvalue weighted by Crippen LogP contribution is -2.29. The van der Waals surface area contributed by atoms with Gasteiger partial charge in [0, 0.05) is 18.5 Å². The number of hydrogen-bond acceptors (Lipinski definition) is 3. The molecule has 0 spiro atoms. The number of aliphatic carboxylic acids is 1. The first-order valence-electron chi connectivity index (χ1n) is 10.8. The Bertz CT molecular complexity index is 962. The van der Waals surface area contributed by atoms with E-state index in [4.69, 9.17) is 4.74 Å². The molecule has 4 heteroatoms. The van der Waals surface area contributed by atoms with Gasteiger partial charge < -0.3 is 15.2 Å². The minimum Gasteiger partial charge on any atom is -0.479 e. The molecule has 1 atom stereocenters. The summed E-state index contributed by atoms with van der Waals surface area (Å²) in [6.07, 6.45) is 2.32. The van der Waals surface area contributed by atoms with Crippen LogP contribution in [0.15, 0.2) is 54.2 Å². The molecular formula is C27H33NO3. The van der Waals surface area contributed by atoms with Crippen LogP contribution in [0.4, 0.5) is 0 Å². The van der Waals surface area contributed by atoms with Crippen molar-refractivity contribution in [3.63, 3.8) is 0 Å². The molecule has 0 heterocycles. The number of allylic oxidation sites excluding steroid dienone is 2. The number of ether oxygens (including phenoxy) is 1. The molecule has 0 amide bonds. The number of carbonyl (C=O) groups is 1. The van der Waals surface area contributed by atoms with Crippen LogP contribution in [0, 0.1) is 25.7 Å². The molecule has 4 nitrogen and oxygen atoms in total. The fourth-order valence-electron chi connectivity index (χ4n) is 3.12. The van der Waals surface area contributed by atoms with Crippen molar-refractivity contribution >= 4 is 5.97 Å². The van der Waals surface area contributed by atoms with Crippen molar-refractivity contribution in [1.82, 2.24) is 5.32 Å². The molecule has 2 aromatic carbocycles. The quantitative estimate of drug-likeness (QED) is 0.551. The van der Waals surface area contributed by atoms with Crippen LogP contribution in [0.5, 0.6) is 0 Å². The van der Waals surface area contributed by atoms with Crippen molar-refractivity contribution in [3.05, 3.63) is 82.1 Å². The maximum atomic E-state index is 11.5. The maximum absolute atomic E-state index is 11.5. The van der Waals surface area contributed by atoms with Crippen molar-refractivity contribution in [3.8, 4) is 11.8 Å². The van der Waals surface area contributed by atoms with Gasteiger partial charge in [-0.2, -0.15) is 0 Å². The summed E-state index contributed by atoms with van der Waals surface area (Å²) in [7, 11) is 0. The Morgan fingerprint density at radius 3 is 2.48 bits per heavy atom. The SMILES string of the molecule is CC/C=C(\C#Cc1ccc(C)cc1)NCc1cc(CC(OC(C)C)C(=O)O)ccc1C. The Kier molecular flexibility index (Phi) is 9.37. The highest BCUT2D eigenvalue weighted by molar-refractivity contribution is 5.72. The van der Waals surface area contributed by atoms with Gasteiger partial charge in [-0.1, -0.05) is 54.8 Å². The molecule has 1 unspecified atom stereocenters. The number of hydrogen-bond donors (Lipinski definition) is 2. The maximum Gasteiger partial charge on any atom is 0.333 e. The standard InChI is InChI=1S/C27H33NO3/c1-6-7-25(15-14-22-11-8-20(4)9-12-22)28-18-24-16-23(13-10-21(24)5)17-26(27(29)30)31-19(2)3/h7-13,16,19,26,28H,6,17-18H2,1-5H3,(H,29,30)/b25-7+. The van der Waals surface area contributed by atoms with Crippen molar-refractivity contribution in [2.75, 3.05) is 0 Å². The number of nitrogens with one attached hydrogen (secondary N) is 1. The average molecular weight is 420 g/mol. The van der Waals surface area contributed by atoms with Crippen molar-refractivity contribution in [2.24, 2.45) is 0 Å². The van der Waals surface area contributed by atoms with Gasteiger partial charge in [0.1, 0.15) is 0 Å². The molecule has 164 valence electrons. The Morgan fingerprint density at radius 1 is 1.16 bits per heavy atom. The summed E-state index contributed by atoms with van der Waals surface area (Å²) in [4.78, 5) is 11.5. The highest BCUT2D eigenvalue weighted by Gasteiger charge is 2.20. The fraction of sp³-hybridized carbons (Fsp3) is 0.370. The molecule has 2 aromatic rings. The first kappa shape index (κ1) is 24.2. The summed E-state index contributed by atoms with van der Waals surface area (Å²) < 4.78 is 5.55. The van der Waals surface area contributed by atoms with Crippen LogP contribution < -0.4 is 5.32 Å². The van der Waals surface area contributed by atoms with Crippen LogP contribution in [-0.2, 0) is 22.5 Å². The highest BCUT2D eigenvalue weighted by atomic mass is 16.5. The molecule has 0 aliphatic carbocycles. The van der Waals surface area contributed by atoms with E-state index in [1.54, 1.807) is 0 Å². The van der Waals surface area contributed by atoms with Crippen LogP contribution in [-0.4, -0.2) is 23.3 Å². The van der Waals surface area contributed by atoms with E-state index in [9.17, 15) is 9.90 Å². The van der Waals surface area contributed by atoms with Crippen molar-refractivity contribution in [1.29, 1.82) is 0 Å². The Balaban J connectivity index is 2.12. The number of carboxylic acid groups (broad SMARTS) is 1. The van der Waals surface area contributed by atoms with E-state index in [-0.39, 0.29) is 6.10 Å². The van der Waals surface area contributed by atoms with Crippen molar-refractivity contribution in [2.45, 2.75) is 66.2 Å². The third-order valence-electron chi connectivity index (χ3n) is 4.82. The van der Waals surface area contributed by atoms with Gasteiger partial charge in [-0.25, -0.2) is 4.79 Å². The molecule has 0 saturated heterocycles. The average Bonchev–Trinajstić information content (AvgIpc) is 2.72. The highest BCUT2D eigenvalue weighted by Crippen LogP contribution is 2.15. The summed E-state index contributed by atoms with van der Waals surface area (Å²) in [5.74, 6) is 5.51. The first-order valence-corrected chi connectivity index (χ1v) is 10.8. The third-order valence-corrected chi connectivity index (χ3v) is 4.82. The van der Waals surface area contributed by atoms with E-state index in [0.717, 1.165) is 34.4 Å². The number of carboxylic acids is 1. The van der Waals surface area contributed by atoms with E-state index < -0.39 is 12.1 Å². The lowest BCUT2D eigenvalue weighted by atomic mass is 10.0. The molecule has 0 radical (unpaired) electrons. The zero-order chi connectivity index (χ0) is 22.8. The van der Waals surface area contributed by atoms with Gasteiger partial charge in [0.15, 0.2) is 6.10 Å². The van der Waals surface area contributed by atoms with Crippen LogP contribution in [0.2, 0.25) is 0 Å². The smallest absolute Gasteiger partial charge is 0.333 e. The molecule has 2 rings (SSSR count). The van der Waals surface area contributed by atoms with Crippen LogP contribution in [0.25, 0.3) is 0 Å². The molecular weight excluding hydrogens is 386 g/mol. The summed E-state index contributed by atoms with van der Waals surface area (Å²) in [5.41, 5.74) is 6.30. The van der Waals surface area contributed by atoms with Gasteiger partial charge in [-0.3, -0.25) is 0 Å². The van der Waals surface area contributed by atoms with E-state index in [0.29, 0.717) is 13.0 Å². The predicted molar refractivity (Wildman–Crippen MR) is 126 cm³/mol. The van der Waals surface area contributed by atoms with Crippen LogP contribution >= 0.6 is 0 Å². The van der Waals surface area contributed by atoms with Gasteiger partial charge in [0.2, 0.25) is 0 Å². The Hall–Kier alpha value is -3.03. The molecule has 0 aliphatic heterocycles. The van der Waals surface area contributed by atoms with Gasteiger partial charge in [0.05, 0.1) is 11.8 Å². The van der Waals surface area contributed by atoms with Gasteiger partial charge >= 0.3 is 5.97 Å². The largest absolute Gasteiger partial charge is 0.479 e.